The van der Waals surface area contributed by atoms with E-state index in [4.69, 9.17) is 4.74 Å². The third kappa shape index (κ3) is 3.52. The first-order valence-electron chi connectivity index (χ1n) is 10.7. The summed E-state index contributed by atoms with van der Waals surface area (Å²) in [4.78, 5) is 2.85. The quantitative estimate of drug-likeness (QED) is 0.812. The number of ether oxygens (including phenoxy) is 1. The van der Waals surface area contributed by atoms with E-state index in [9.17, 15) is 0 Å². The molecule has 138 valence electrons. The van der Waals surface area contributed by atoms with E-state index in [1.54, 1.807) is 0 Å². The van der Waals surface area contributed by atoms with Gasteiger partial charge in [0.15, 0.2) is 0 Å². The van der Waals surface area contributed by atoms with E-state index in [2.05, 4.69) is 26.9 Å². The largest absolute Gasteiger partial charge is 0.376 e. The molecule has 0 N–H and O–H groups in total. The fraction of sp³-hybridized carbons (Fsp3) is 0.857. The van der Waals surface area contributed by atoms with Crippen molar-refractivity contribution in [2.24, 2.45) is 17.8 Å². The van der Waals surface area contributed by atoms with Crippen molar-refractivity contribution in [2.75, 3.05) is 19.7 Å². The molecular weight excluding hydrogens is 310 g/mol. The van der Waals surface area contributed by atoms with Crippen LogP contribution in [0.1, 0.15) is 63.8 Å². The van der Waals surface area contributed by atoms with Gasteiger partial charge in [0.2, 0.25) is 0 Å². The zero-order valence-corrected chi connectivity index (χ0v) is 15.4. The molecule has 0 amide bonds. The van der Waals surface area contributed by atoms with Crippen LogP contribution < -0.4 is 0 Å². The minimum Gasteiger partial charge on any atom is -0.376 e. The average Bonchev–Trinajstić information content (AvgIpc) is 3.15. The second-order valence-corrected chi connectivity index (χ2v) is 9.11. The number of likely N-dealkylation sites (tertiary alicyclic amines) is 1. The molecule has 2 heterocycles. The van der Waals surface area contributed by atoms with Crippen LogP contribution in [0.4, 0.5) is 0 Å². The Hall–Kier alpha value is -0.870. The van der Waals surface area contributed by atoms with E-state index in [0.29, 0.717) is 12.1 Å². The predicted octanol–water partition coefficient (Wildman–Crippen LogP) is 3.89. The van der Waals surface area contributed by atoms with Crippen molar-refractivity contribution in [1.82, 2.24) is 14.7 Å². The van der Waals surface area contributed by atoms with Crippen LogP contribution in [0.3, 0.4) is 0 Å². The molecule has 3 saturated carbocycles. The molecule has 4 nitrogen and oxygen atoms in total. The zero-order valence-electron chi connectivity index (χ0n) is 15.4. The van der Waals surface area contributed by atoms with Gasteiger partial charge in [-0.3, -0.25) is 9.58 Å². The van der Waals surface area contributed by atoms with Crippen LogP contribution in [-0.4, -0.2) is 46.5 Å². The van der Waals surface area contributed by atoms with E-state index < -0.39 is 0 Å². The van der Waals surface area contributed by atoms with Crippen LogP contribution in [0, 0.1) is 17.8 Å². The van der Waals surface area contributed by atoms with Crippen molar-refractivity contribution in [3.63, 3.8) is 0 Å². The Morgan fingerprint density at radius 3 is 2.48 bits per heavy atom. The summed E-state index contributed by atoms with van der Waals surface area (Å²) in [5.74, 6) is 2.54. The van der Waals surface area contributed by atoms with Crippen LogP contribution in [0.15, 0.2) is 18.5 Å². The fourth-order valence-electron chi connectivity index (χ4n) is 5.65. The van der Waals surface area contributed by atoms with Gasteiger partial charge in [-0.2, -0.15) is 5.10 Å². The molecule has 5 rings (SSSR count). The molecule has 1 aromatic rings. The second kappa shape index (κ2) is 7.03. The highest BCUT2D eigenvalue weighted by molar-refractivity contribution is 4.98. The maximum Gasteiger partial charge on any atom is 0.0802 e. The molecule has 25 heavy (non-hydrogen) atoms. The Morgan fingerprint density at radius 2 is 1.76 bits per heavy atom. The van der Waals surface area contributed by atoms with Gasteiger partial charge in [0.25, 0.3) is 0 Å². The van der Waals surface area contributed by atoms with E-state index in [1.165, 1.54) is 70.9 Å². The third-order valence-electron chi connectivity index (χ3n) is 7.31. The smallest absolute Gasteiger partial charge is 0.0802 e. The molecule has 0 unspecified atom stereocenters. The predicted molar refractivity (Wildman–Crippen MR) is 98.4 cm³/mol. The van der Waals surface area contributed by atoms with Gasteiger partial charge < -0.3 is 4.74 Å². The number of rotatable bonds is 5. The maximum atomic E-state index is 6.45. The van der Waals surface area contributed by atoms with Gasteiger partial charge in [-0.1, -0.05) is 19.3 Å². The first-order valence-corrected chi connectivity index (χ1v) is 10.7. The highest BCUT2D eigenvalue weighted by Gasteiger charge is 2.45. The third-order valence-corrected chi connectivity index (χ3v) is 7.31. The molecule has 0 aromatic carbocycles. The van der Waals surface area contributed by atoms with Gasteiger partial charge in [-0.05, 0) is 62.3 Å². The number of nitrogens with zero attached hydrogens (tertiary/aromatic N) is 3. The Balaban J connectivity index is 1.28. The molecule has 4 aliphatic rings. The highest BCUT2D eigenvalue weighted by Crippen LogP contribution is 2.44. The number of aromatic nitrogens is 2. The molecule has 0 radical (unpaired) electrons. The lowest BCUT2D eigenvalue weighted by molar-refractivity contribution is -0.0371. The SMILES string of the molecule is c1cnn([C@H]2C[C@H]3CN(C4CCCCC4)C[C@H]3C[C@@H]2OCC2CC2)c1. The van der Waals surface area contributed by atoms with Gasteiger partial charge in [-0.15, -0.1) is 0 Å². The Bertz CT molecular complexity index is 549. The van der Waals surface area contributed by atoms with Crippen molar-refractivity contribution >= 4 is 0 Å². The van der Waals surface area contributed by atoms with Gasteiger partial charge in [0, 0.05) is 38.1 Å². The molecule has 4 heteroatoms. The van der Waals surface area contributed by atoms with E-state index in [-0.39, 0.29) is 0 Å². The summed E-state index contributed by atoms with van der Waals surface area (Å²) in [5, 5.41) is 4.58. The summed E-state index contributed by atoms with van der Waals surface area (Å²) in [6.45, 7) is 3.62. The molecule has 4 atom stereocenters. The standard InChI is InChI=1S/C21H33N3O/c1-2-5-19(6-3-1)23-13-17-11-20(24-10-4-9-22-24)21(12-18(17)14-23)25-15-16-7-8-16/h4,9-10,16-21H,1-3,5-8,11-15H2/t17-,18+,20-,21-/m0/s1. The van der Waals surface area contributed by atoms with Crippen LogP contribution in [0.25, 0.3) is 0 Å². The number of hydrogen-bond acceptors (Lipinski definition) is 3. The van der Waals surface area contributed by atoms with Crippen LogP contribution >= 0.6 is 0 Å². The van der Waals surface area contributed by atoms with Crippen molar-refractivity contribution in [1.29, 1.82) is 0 Å². The second-order valence-electron chi connectivity index (χ2n) is 9.11. The summed E-state index contributed by atoms with van der Waals surface area (Å²) in [7, 11) is 0. The molecule has 1 saturated heterocycles. The molecule has 1 aliphatic heterocycles. The molecule has 1 aromatic heterocycles. The first-order chi connectivity index (χ1) is 12.4. The number of fused-ring (bicyclic) bond motifs is 1. The Morgan fingerprint density at radius 1 is 0.960 bits per heavy atom. The summed E-state index contributed by atoms with van der Waals surface area (Å²) in [6, 6.07) is 3.38. The summed E-state index contributed by atoms with van der Waals surface area (Å²) < 4.78 is 8.64. The first kappa shape index (κ1) is 16.3. The van der Waals surface area contributed by atoms with Crippen LogP contribution in [0.5, 0.6) is 0 Å². The maximum absolute atomic E-state index is 6.45. The average molecular weight is 344 g/mol. The van der Waals surface area contributed by atoms with Gasteiger partial charge in [0.05, 0.1) is 12.1 Å². The molecule has 3 aliphatic carbocycles. The van der Waals surface area contributed by atoms with E-state index in [0.717, 1.165) is 30.4 Å². The summed E-state index contributed by atoms with van der Waals surface area (Å²) in [6.07, 6.45) is 16.9. The lowest BCUT2D eigenvalue weighted by Gasteiger charge is -2.38. The van der Waals surface area contributed by atoms with Crippen molar-refractivity contribution in [2.45, 2.75) is 76.0 Å². The van der Waals surface area contributed by atoms with Crippen LogP contribution in [0.2, 0.25) is 0 Å². The van der Waals surface area contributed by atoms with Crippen molar-refractivity contribution < 1.29 is 4.74 Å². The van der Waals surface area contributed by atoms with E-state index >= 15 is 0 Å². The summed E-state index contributed by atoms with van der Waals surface area (Å²) >= 11 is 0. The number of hydrogen-bond donors (Lipinski definition) is 0. The van der Waals surface area contributed by atoms with Crippen molar-refractivity contribution in [3.8, 4) is 0 Å². The summed E-state index contributed by atoms with van der Waals surface area (Å²) in [5.41, 5.74) is 0. The minimum absolute atomic E-state index is 0.369. The van der Waals surface area contributed by atoms with Gasteiger partial charge in [0.1, 0.15) is 0 Å². The van der Waals surface area contributed by atoms with Crippen molar-refractivity contribution in [3.05, 3.63) is 18.5 Å². The zero-order chi connectivity index (χ0) is 16.6. The Kier molecular flexibility index (Phi) is 4.59. The minimum atomic E-state index is 0.369. The van der Waals surface area contributed by atoms with Crippen LogP contribution in [-0.2, 0) is 4.74 Å². The molecule has 0 spiro atoms. The lowest BCUT2D eigenvalue weighted by Crippen LogP contribution is -2.38. The monoisotopic (exact) mass is 343 g/mol. The van der Waals surface area contributed by atoms with E-state index in [1.807, 2.05) is 6.20 Å². The molecule has 0 bridgehead atoms. The molecule has 4 fully saturated rings. The molecular formula is C21H33N3O. The van der Waals surface area contributed by atoms with Gasteiger partial charge >= 0.3 is 0 Å². The lowest BCUT2D eigenvalue weighted by atomic mass is 9.77. The topological polar surface area (TPSA) is 30.3 Å². The highest BCUT2D eigenvalue weighted by atomic mass is 16.5. The Labute approximate surface area is 151 Å². The fourth-order valence-corrected chi connectivity index (χ4v) is 5.65. The van der Waals surface area contributed by atoms with Gasteiger partial charge in [-0.25, -0.2) is 0 Å². The normalized spacial score (nSPS) is 37.3.